The van der Waals surface area contributed by atoms with Gasteiger partial charge in [0, 0.05) is 6.42 Å². The maximum atomic E-state index is 10.7. The van der Waals surface area contributed by atoms with Crippen molar-refractivity contribution in [3.05, 3.63) is 63.7 Å². The van der Waals surface area contributed by atoms with E-state index < -0.39 is 15.6 Å². The van der Waals surface area contributed by atoms with E-state index in [9.17, 15) is 13.2 Å². The fourth-order valence-electron chi connectivity index (χ4n) is 4.37. The largest absolute Gasteiger partial charge is 0.741 e. The van der Waals surface area contributed by atoms with Crippen LogP contribution in [0.1, 0.15) is 115 Å². The van der Waals surface area contributed by atoms with Gasteiger partial charge < -0.3 is 9.29 Å². The van der Waals surface area contributed by atoms with Crippen LogP contribution in [0.2, 0.25) is 0 Å². The summed E-state index contributed by atoms with van der Waals surface area (Å²) in [4.78, 5) is 0. The molecule has 0 fully saturated rings. The molecule has 0 aliphatic rings. The lowest BCUT2D eigenvalue weighted by Gasteiger charge is -2.08. The van der Waals surface area contributed by atoms with Gasteiger partial charge >= 0.3 is 26.7 Å². The van der Waals surface area contributed by atoms with Crippen LogP contribution in [0, 0.1) is 3.57 Å². The van der Waals surface area contributed by atoms with Crippen molar-refractivity contribution in [3.8, 4) is 5.75 Å². The molecular formula is C33H50F3IO4S. The van der Waals surface area contributed by atoms with Crippen LogP contribution >= 0.6 is 0 Å². The summed E-state index contributed by atoms with van der Waals surface area (Å²) in [5, 5.41) is 0. The van der Waals surface area contributed by atoms with E-state index in [1.165, 1.54) is 123 Å². The second kappa shape index (κ2) is 24.0. The summed E-state index contributed by atoms with van der Waals surface area (Å²) in [5.74, 6) is 1.04. The van der Waals surface area contributed by atoms with Crippen molar-refractivity contribution >= 4 is 10.1 Å². The number of alkyl halides is 4. The van der Waals surface area contributed by atoms with Gasteiger partial charge in [-0.1, -0.05) is 134 Å². The molecule has 0 radical (unpaired) electrons. The number of halogens is 4. The molecule has 0 bridgehead atoms. The van der Waals surface area contributed by atoms with Crippen molar-refractivity contribution in [2.45, 2.75) is 122 Å². The zero-order valence-corrected chi connectivity index (χ0v) is 28.2. The molecule has 0 aromatic heterocycles. The molecule has 2 aromatic rings. The fraction of sp³-hybridized carbons (Fsp3) is 0.636. The highest BCUT2D eigenvalue weighted by Crippen LogP contribution is 2.20. The quantitative estimate of drug-likeness (QED) is 0.0437. The number of aryl methyl sites for hydroxylation is 1. The van der Waals surface area contributed by atoms with E-state index in [4.69, 9.17) is 17.7 Å². The van der Waals surface area contributed by atoms with Gasteiger partial charge in [-0.2, -0.15) is 13.2 Å². The Morgan fingerprint density at radius 2 is 1.12 bits per heavy atom. The first-order valence-corrected chi connectivity index (χ1v) is 19.5. The normalized spacial score (nSPS) is 11.6. The van der Waals surface area contributed by atoms with Crippen LogP contribution in [-0.2, 0) is 16.5 Å². The molecule has 240 valence electrons. The molecule has 0 aliphatic heterocycles. The zero-order chi connectivity index (χ0) is 30.9. The van der Waals surface area contributed by atoms with Crippen LogP contribution < -0.4 is 25.9 Å². The number of benzene rings is 2. The molecule has 0 heterocycles. The molecule has 9 heteroatoms. The maximum Gasteiger partial charge on any atom is 0.485 e. The molecule has 0 unspecified atom stereocenters. The van der Waals surface area contributed by atoms with Crippen molar-refractivity contribution in [3.63, 3.8) is 0 Å². The van der Waals surface area contributed by atoms with Crippen LogP contribution in [0.5, 0.6) is 5.75 Å². The first-order valence-electron chi connectivity index (χ1n) is 15.5. The lowest BCUT2D eigenvalue weighted by atomic mass is 10.0. The SMILES string of the molecule is CCCCCCCCCCCCCCCCCCOc1ccc([I+]CCc2ccccc2)cc1.O=S(=O)([O-])C(F)(F)F. The van der Waals surface area contributed by atoms with Gasteiger partial charge in [0.05, 0.1) is 6.61 Å². The highest BCUT2D eigenvalue weighted by Gasteiger charge is 2.36. The van der Waals surface area contributed by atoms with Crippen molar-refractivity contribution in [2.75, 3.05) is 11.0 Å². The van der Waals surface area contributed by atoms with Gasteiger partial charge in [0.25, 0.3) is 0 Å². The van der Waals surface area contributed by atoms with Gasteiger partial charge in [0.1, 0.15) is 5.75 Å². The summed E-state index contributed by atoms with van der Waals surface area (Å²) >= 11 is 0.0960. The van der Waals surface area contributed by atoms with Crippen LogP contribution in [-0.4, -0.2) is 29.5 Å². The minimum absolute atomic E-state index is 0.0960. The number of hydrogen-bond donors (Lipinski definition) is 0. The highest BCUT2D eigenvalue weighted by molar-refractivity contribution is 7.86. The Morgan fingerprint density at radius 3 is 1.55 bits per heavy atom. The van der Waals surface area contributed by atoms with E-state index in [-0.39, 0.29) is 21.2 Å². The Bertz CT molecular complexity index is 1000. The third-order valence-electron chi connectivity index (χ3n) is 6.84. The van der Waals surface area contributed by atoms with Gasteiger partial charge in [-0.15, -0.1) is 0 Å². The number of rotatable bonds is 22. The highest BCUT2D eigenvalue weighted by atomic mass is 127. The molecular weight excluding hydrogens is 676 g/mol. The Balaban J connectivity index is 0.000000962. The molecule has 0 N–H and O–H groups in total. The van der Waals surface area contributed by atoms with Crippen molar-refractivity contribution in [1.29, 1.82) is 0 Å². The summed E-state index contributed by atoms with van der Waals surface area (Å²) in [7, 11) is -6.09. The summed E-state index contributed by atoms with van der Waals surface area (Å²) < 4.78 is 67.7. The molecule has 0 amide bonds. The first kappa shape index (κ1) is 38.7. The topological polar surface area (TPSA) is 66.4 Å². The van der Waals surface area contributed by atoms with E-state index in [2.05, 4.69) is 61.5 Å². The summed E-state index contributed by atoms with van der Waals surface area (Å²) in [6.45, 7) is 3.16. The number of hydrogen-bond acceptors (Lipinski definition) is 4. The monoisotopic (exact) mass is 726 g/mol. The van der Waals surface area contributed by atoms with E-state index in [1.54, 1.807) is 0 Å². The molecule has 2 aromatic carbocycles. The van der Waals surface area contributed by atoms with Gasteiger partial charge in [0.15, 0.2) is 18.1 Å². The number of ether oxygens (including phenoxy) is 1. The Labute approximate surface area is 263 Å². The molecule has 0 saturated heterocycles. The van der Waals surface area contributed by atoms with Crippen LogP contribution in [0.15, 0.2) is 54.6 Å². The lowest BCUT2D eigenvalue weighted by molar-refractivity contribution is -0.626. The van der Waals surface area contributed by atoms with Gasteiger partial charge in [0.2, 0.25) is 0 Å². The molecule has 0 spiro atoms. The number of unbranched alkanes of at least 4 members (excludes halogenated alkanes) is 15. The molecule has 4 nitrogen and oxygen atoms in total. The minimum atomic E-state index is -6.09. The second-order valence-electron chi connectivity index (χ2n) is 10.6. The van der Waals surface area contributed by atoms with Crippen molar-refractivity contribution < 1.29 is 52.1 Å². The summed E-state index contributed by atoms with van der Waals surface area (Å²) in [6, 6.07) is 19.7. The van der Waals surface area contributed by atoms with E-state index in [0.29, 0.717) is 0 Å². The van der Waals surface area contributed by atoms with Crippen LogP contribution in [0.3, 0.4) is 0 Å². The summed E-state index contributed by atoms with van der Waals surface area (Å²) in [6.07, 6.45) is 23.8. The molecule has 2 rings (SSSR count). The smallest absolute Gasteiger partial charge is 0.485 e. The molecule has 0 saturated carbocycles. The van der Waals surface area contributed by atoms with Gasteiger partial charge in [-0.05, 0) is 36.2 Å². The molecule has 0 atom stereocenters. The third kappa shape index (κ3) is 21.4. The fourth-order valence-corrected chi connectivity index (χ4v) is 6.75. The Kier molecular flexibility index (Phi) is 22.2. The maximum absolute atomic E-state index is 10.7. The van der Waals surface area contributed by atoms with Crippen molar-refractivity contribution in [2.24, 2.45) is 0 Å². The zero-order valence-electron chi connectivity index (χ0n) is 25.2. The minimum Gasteiger partial charge on any atom is -0.741 e. The first-order chi connectivity index (χ1) is 20.1. The van der Waals surface area contributed by atoms with Crippen LogP contribution in [0.25, 0.3) is 0 Å². The molecule has 42 heavy (non-hydrogen) atoms. The van der Waals surface area contributed by atoms with Crippen LogP contribution in [0.4, 0.5) is 13.2 Å². The predicted molar refractivity (Wildman–Crippen MR) is 161 cm³/mol. The average molecular weight is 727 g/mol. The predicted octanol–water partition coefficient (Wildman–Crippen LogP) is 6.88. The van der Waals surface area contributed by atoms with Crippen molar-refractivity contribution in [1.82, 2.24) is 0 Å². The third-order valence-corrected chi connectivity index (χ3v) is 10.1. The average Bonchev–Trinajstić information content (AvgIpc) is 2.95. The standard InChI is InChI=1S/C32H50IO.CHF3O3S/c1-2-3-4-5-6-7-8-9-10-11-12-13-14-15-16-20-29-34-32-25-23-31(24-26-32)33-28-27-30-21-18-17-19-22-30;2-1(3,4)8(5,6)7/h17-19,21-26H,2-16,20,27-29H2,1H3;(H,5,6,7)/q+1;/p-1. The summed E-state index contributed by atoms with van der Waals surface area (Å²) in [5.41, 5.74) is -4.19. The van der Waals surface area contributed by atoms with E-state index >= 15 is 0 Å². The lowest BCUT2D eigenvalue weighted by Crippen LogP contribution is -3.62. The van der Waals surface area contributed by atoms with Gasteiger partial charge in [-0.25, -0.2) is 8.42 Å². The Hall–Kier alpha value is -1.33. The second-order valence-corrected chi connectivity index (χ2v) is 15.0. The van der Waals surface area contributed by atoms with E-state index in [0.717, 1.165) is 12.4 Å². The Morgan fingerprint density at radius 1 is 0.690 bits per heavy atom. The molecule has 0 aliphatic carbocycles. The van der Waals surface area contributed by atoms with Gasteiger partial charge in [-0.3, -0.25) is 0 Å². The van der Waals surface area contributed by atoms with E-state index in [1.807, 2.05) is 0 Å².